The number of sulfone groups is 1. The fourth-order valence-corrected chi connectivity index (χ4v) is 3.90. The molecule has 0 saturated carbocycles. The first kappa shape index (κ1) is 17.2. The largest absolute Gasteiger partial charge is 0.368 e. The quantitative estimate of drug-likeness (QED) is 0.847. The van der Waals surface area contributed by atoms with Crippen LogP contribution in [0, 0.1) is 13.8 Å². The Morgan fingerprint density at radius 1 is 1.08 bits per heavy atom. The number of aryl methyl sites for hydroxylation is 1. The summed E-state index contributed by atoms with van der Waals surface area (Å²) >= 11 is 0. The van der Waals surface area contributed by atoms with E-state index in [0.717, 1.165) is 37.4 Å². The molecule has 0 radical (unpaired) electrons. The van der Waals surface area contributed by atoms with Gasteiger partial charge in [-0.2, -0.15) is 0 Å². The Morgan fingerprint density at radius 3 is 2.42 bits per heavy atom. The number of nitrogens with zero attached hydrogens (tertiary/aromatic N) is 3. The third kappa shape index (κ3) is 3.70. The van der Waals surface area contributed by atoms with Crippen LogP contribution < -0.4 is 4.90 Å². The van der Waals surface area contributed by atoms with Crippen LogP contribution in [0.15, 0.2) is 24.3 Å². The Balaban J connectivity index is 1.80. The molecule has 6 heteroatoms. The van der Waals surface area contributed by atoms with Gasteiger partial charge in [0.15, 0.2) is 0 Å². The Hall–Kier alpha value is -1.66. The summed E-state index contributed by atoms with van der Waals surface area (Å²) < 4.78 is 22.7. The van der Waals surface area contributed by atoms with Crippen LogP contribution in [-0.4, -0.2) is 63.0 Å². The summed E-state index contributed by atoms with van der Waals surface area (Å²) in [6.07, 6.45) is 1.30. The molecule has 0 atom stereocenters. The molecule has 0 amide bonds. The van der Waals surface area contributed by atoms with Gasteiger partial charge in [-0.25, -0.2) is 8.42 Å². The van der Waals surface area contributed by atoms with Crippen LogP contribution in [0.4, 0.5) is 5.69 Å². The predicted molar refractivity (Wildman–Crippen MR) is 99.6 cm³/mol. The first-order valence-corrected chi connectivity index (χ1v) is 10.4. The number of benzene rings is 1. The summed E-state index contributed by atoms with van der Waals surface area (Å²) in [5.74, 6) is 0.239. The van der Waals surface area contributed by atoms with E-state index in [1.165, 1.54) is 22.9 Å². The number of aromatic nitrogens is 1. The molecular weight excluding hydrogens is 322 g/mol. The highest BCUT2D eigenvalue weighted by Gasteiger charge is 2.21. The lowest BCUT2D eigenvalue weighted by Gasteiger charge is -2.37. The number of hydrogen-bond donors (Lipinski definition) is 0. The second-order valence-electron chi connectivity index (χ2n) is 6.65. The van der Waals surface area contributed by atoms with Gasteiger partial charge >= 0.3 is 0 Å². The van der Waals surface area contributed by atoms with Gasteiger partial charge in [0, 0.05) is 50.1 Å². The zero-order valence-corrected chi connectivity index (χ0v) is 15.4. The number of piperazine rings is 1. The number of anilines is 1. The molecule has 0 aliphatic carbocycles. The van der Waals surface area contributed by atoms with Crippen molar-refractivity contribution in [3.63, 3.8) is 0 Å². The van der Waals surface area contributed by atoms with Crippen molar-refractivity contribution < 1.29 is 8.42 Å². The van der Waals surface area contributed by atoms with Gasteiger partial charge in [-0.05, 0) is 25.5 Å². The molecule has 1 saturated heterocycles. The maximum absolute atomic E-state index is 11.3. The van der Waals surface area contributed by atoms with Crippen molar-refractivity contribution >= 4 is 26.4 Å². The van der Waals surface area contributed by atoms with E-state index in [4.69, 9.17) is 4.98 Å². The predicted octanol–water partition coefficient (Wildman–Crippen LogP) is 2.02. The molecule has 1 aliphatic rings. The average molecular weight is 347 g/mol. The number of para-hydroxylation sites is 1. The van der Waals surface area contributed by atoms with E-state index in [9.17, 15) is 8.42 Å². The van der Waals surface area contributed by atoms with Crippen LogP contribution in [-0.2, 0) is 9.84 Å². The van der Waals surface area contributed by atoms with Gasteiger partial charge in [-0.1, -0.05) is 18.2 Å². The second-order valence-corrected chi connectivity index (χ2v) is 8.91. The Labute approximate surface area is 144 Å². The molecule has 130 valence electrons. The summed E-state index contributed by atoms with van der Waals surface area (Å²) in [7, 11) is -2.89. The summed E-state index contributed by atoms with van der Waals surface area (Å²) in [6, 6.07) is 8.29. The van der Waals surface area contributed by atoms with E-state index in [1.54, 1.807) is 0 Å². The molecule has 3 rings (SSSR count). The Kier molecular flexibility index (Phi) is 4.78. The van der Waals surface area contributed by atoms with Crippen molar-refractivity contribution in [2.24, 2.45) is 0 Å². The lowest BCUT2D eigenvalue weighted by Crippen LogP contribution is -2.48. The minimum Gasteiger partial charge on any atom is -0.368 e. The van der Waals surface area contributed by atoms with Gasteiger partial charge in [0.25, 0.3) is 0 Å². The van der Waals surface area contributed by atoms with E-state index >= 15 is 0 Å². The molecule has 0 unspecified atom stereocenters. The van der Waals surface area contributed by atoms with Gasteiger partial charge in [-0.15, -0.1) is 0 Å². The second kappa shape index (κ2) is 6.69. The first-order chi connectivity index (χ1) is 11.3. The molecule has 0 bridgehead atoms. The van der Waals surface area contributed by atoms with Crippen LogP contribution in [0.5, 0.6) is 0 Å². The Morgan fingerprint density at radius 2 is 1.75 bits per heavy atom. The van der Waals surface area contributed by atoms with Crippen LogP contribution in [0.25, 0.3) is 10.9 Å². The van der Waals surface area contributed by atoms with E-state index in [0.29, 0.717) is 6.54 Å². The maximum atomic E-state index is 11.3. The lowest BCUT2D eigenvalue weighted by atomic mass is 10.1. The number of rotatable bonds is 4. The highest BCUT2D eigenvalue weighted by Crippen LogP contribution is 2.31. The third-order valence-electron chi connectivity index (χ3n) is 4.81. The van der Waals surface area contributed by atoms with Crippen molar-refractivity contribution in [1.82, 2.24) is 9.88 Å². The van der Waals surface area contributed by atoms with Crippen molar-refractivity contribution in [1.29, 1.82) is 0 Å². The minimum absolute atomic E-state index is 0.239. The van der Waals surface area contributed by atoms with Crippen molar-refractivity contribution in [2.75, 3.05) is 49.6 Å². The normalized spacial score (nSPS) is 16.7. The summed E-state index contributed by atoms with van der Waals surface area (Å²) in [5, 5.41) is 1.20. The molecule has 2 heterocycles. The van der Waals surface area contributed by atoms with Gasteiger partial charge in [0.1, 0.15) is 9.84 Å². The lowest BCUT2D eigenvalue weighted by molar-refractivity contribution is 0.272. The molecule has 0 spiro atoms. The zero-order valence-electron chi connectivity index (χ0n) is 14.6. The third-order valence-corrected chi connectivity index (χ3v) is 5.74. The minimum atomic E-state index is -2.89. The van der Waals surface area contributed by atoms with Crippen molar-refractivity contribution in [2.45, 2.75) is 13.8 Å². The van der Waals surface area contributed by atoms with E-state index in [-0.39, 0.29) is 5.75 Å². The van der Waals surface area contributed by atoms with Gasteiger partial charge in [-0.3, -0.25) is 9.88 Å². The summed E-state index contributed by atoms with van der Waals surface area (Å²) in [6.45, 7) is 8.45. The average Bonchev–Trinajstić information content (AvgIpc) is 2.54. The SMILES string of the molecule is Cc1nc2ccccc2c(N2CCN(CCS(C)(=O)=O)CC2)c1C. The van der Waals surface area contributed by atoms with E-state index < -0.39 is 9.84 Å². The van der Waals surface area contributed by atoms with Gasteiger partial charge < -0.3 is 4.90 Å². The number of hydrogen-bond acceptors (Lipinski definition) is 5. The van der Waals surface area contributed by atoms with Crippen molar-refractivity contribution in [3.05, 3.63) is 35.5 Å². The molecular formula is C18H25N3O2S. The molecule has 2 aromatic rings. The molecule has 1 aromatic carbocycles. The van der Waals surface area contributed by atoms with Crippen LogP contribution in [0.3, 0.4) is 0 Å². The van der Waals surface area contributed by atoms with Crippen LogP contribution in [0.2, 0.25) is 0 Å². The first-order valence-electron chi connectivity index (χ1n) is 8.36. The number of pyridine rings is 1. The Bertz CT molecular complexity index is 841. The summed E-state index contributed by atoms with van der Waals surface area (Å²) in [4.78, 5) is 9.36. The maximum Gasteiger partial charge on any atom is 0.148 e. The van der Waals surface area contributed by atoms with E-state index in [1.807, 2.05) is 6.07 Å². The standard InChI is InChI=1S/C18H25N3O2S/c1-14-15(2)19-17-7-5-4-6-16(17)18(14)21-10-8-20(9-11-21)12-13-24(3,22)23/h4-7H,8-13H2,1-3H3. The molecule has 1 fully saturated rings. The van der Waals surface area contributed by atoms with Gasteiger partial charge in [0.05, 0.1) is 17.0 Å². The van der Waals surface area contributed by atoms with Crippen LogP contribution in [0.1, 0.15) is 11.3 Å². The molecule has 1 aliphatic heterocycles. The fraction of sp³-hybridized carbons (Fsp3) is 0.500. The monoisotopic (exact) mass is 347 g/mol. The molecule has 0 N–H and O–H groups in total. The van der Waals surface area contributed by atoms with Gasteiger partial charge in [0.2, 0.25) is 0 Å². The van der Waals surface area contributed by atoms with Crippen molar-refractivity contribution in [3.8, 4) is 0 Å². The highest BCUT2D eigenvalue weighted by atomic mass is 32.2. The zero-order chi connectivity index (χ0) is 17.3. The van der Waals surface area contributed by atoms with E-state index in [2.05, 4.69) is 41.8 Å². The highest BCUT2D eigenvalue weighted by molar-refractivity contribution is 7.90. The summed E-state index contributed by atoms with van der Waals surface area (Å²) in [5.41, 5.74) is 4.62. The topological polar surface area (TPSA) is 53.5 Å². The molecule has 24 heavy (non-hydrogen) atoms. The molecule has 1 aromatic heterocycles. The van der Waals surface area contributed by atoms with Crippen LogP contribution >= 0.6 is 0 Å². The number of fused-ring (bicyclic) bond motifs is 1. The smallest absolute Gasteiger partial charge is 0.148 e. The molecule has 5 nitrogen and oxygen atoms in total. The fourth-order valence-electron chi connectivity index (χ4n) is 3.31.